The Balaban J connectivity index is 1.58. The van der Waals surface area contributed by atoms with Crippen LogP contribution in [-0.2, 0) is 13.5 Å². The number of aryl methyl sites for hydroxylation is 3. The van der Waals surface area contributed by atoms with Crippen LogP contribution in [0.4, 0.5) is 0 Å². The van der Waals surface area contributed by atoms with Gasteiger partial charge in [-0.05, 0) is 0 Å². The van der Waals surface area contributed by atoms with E-state index in [4.69, 9.17) is 0 Å². The molecule has 1 spiro atoms. The van der Waals surface area contributed by atoms with E-state index in [2.05, 4.69) is 79.3 Å². The molecule has 1 nitrogen and oxygen atoms in total. The minimum atomic E-state index is -1.81. The quantitative estimate of drug-likeness (QED) is 0.372. The van der Waals surface area contributed by atoms with Crippen LogP contribution < -0.4 is 8.96 Å². The summed E-state index contributed by atoms with van der Waals surface area (Å²) in [6.45, 7) is 2.27. The van der Waals surface area contributed by atoms with Gasteiger partial charge in [0.1, 0.15) is 0 Å². The summed E-state index contributed by atoms with van der Waals surface area (Å²) < 4.78 is 4.23. The van der Waals surface area contributed by atoms with Gasteiger partial charge in [-0.1, -0.05) is 0 Å². The van der Waals surface area contributed by atoms with Gasteiger partial charge in [0.15, 0.2) is 0 Å². The van der Waals surface area contributed by atoms with Crippen molar-refractivity contribution >= 4 is 17.7 Å². The van der Waals surface area contributed by atoms with Crippen LogP contribution in [0.2, 0.25) is 15.8 Å². The Morgan fingerprint density at radius 3 is 2.36 bits per heavy atom. The molecule has 1 aromatic heterocycles. The van der Waals surface area contributed by atoms with Gasteiger partial charge < -0.3 is 0 Å². The van der Waals surface area contributed by atoms with Gasteiger partial charge in [0.2, 0.25) is 0 Å². The Bertz CT molecular complexity index is 1020. The molecule has 2 aliphatic rings. The Morgan fingerprint density at radius 1 is 0.821 bits per heavy atom. The van der Waals surface area contributed by atoms with Crippen molar-refractivity contribution in [3.8, 4) is 22.4 Å². The van der Waals surface area contributed by atoms with E-state index < -0.39 is 13.3 Å². The van der Waals surface area contributed by atoms with Gasteiger partial charge in [0.25, 0.3) is 0 Å². The van der Waals surface area contributed by atoms with Crippen LogP contribution >= 0.6 is 0 Å². The van der Waals surface area contributed by atoms with Gasteiger partial charge in [0.05, 0.1) is 0 Å². The molecule has 0 bridgehead atoms. The summed E-state index contributed by atoms with van der Waals surface area (Å²) in [6, 6.07) is 20.3. The molecule has 3 aromatic rings. The maximum atomic E-state index is 2.62. The van der Waals surface area contributed by atoms with Crippen molar-refractivity contribution in [2.24, 2.45) is 7.05 Å². The molecule has 142 valence electrons. The average molecular weight is 429 g/mol. The van der Waals surface area contributed by atoms with Crippen molar-refractivity contribution < 1.29 is 4.57 Å². The Morgan fingerprint density at radius 2 is 1.61 bits per heavy atom. The Labute approximate surface area is 171 Å². The first-order valence-electron chi connectivity index (χ1n) is 10.9. The van der Waals surface area contributed by atoms with Crippen LogP contribution in [0, 0.1) is 6.92 Å². The van der Waals surface area contributed by atoms with E-state index in [9.17, 15) is 0 Å². The molecule has 2 aliphatic heterocycles. The molecular formula is C26H30GeN+. The number of hydrogen-bond donors (Lipinski definition) is 0. The first-order chi connectivity index (χ1) is 13.7. The molecule has 0 unspecified atom stereocenters. The second-order valence-corrected chi connectivity index (χ2v) is 18.6. The fourth-order valence-corrected chi connectivity index (χ4v) is 17.2. The van der Waals surface area contributed by atoms with Gasteiger partial charge in [0, 0.05) is 0 Å². The third-order valence-electron chi connectivity index (χ3n) is 7.22. The molecule has 0 radical (unpaired) electrons. The number of nitrogens with zero attached hydrogens (tertiary/aromatic N) is 1. The van der Waals surface area contributed by atoms with E-state index >= 15 is 0 Å². The summed E-state index contributed by atoms with van der Waals surface area (Å²) in [5, 5.41) is 4.70. The third-order valence-corrected chi connectivity index (χ3v) is 18.6. The zero-order valence-corrected chi connectivity index (χ0v) is 19.3. The fourth-order valence-electron chi connectivity index (χ4n) is 5.68. The van der Waals surface area contributed by atoms with Gasteiger partial charge in [-0.25, -0.2) is 0 Å². The number of aromatic nitrogens is 1. The summed E-state index contributed by atoms with van der Waals surface area (Å²) in [5.74, 6) is 0. The van der Waals surface area contributed by atoms with Crippen molar-refractivity contribution in [2.45, 2.75) is 48.4 Å². The van der Waals surface area contributed by atoms with Gasteiger partial charge in [-0.2, -0.15) is 0 Å². The standard InChI is InChI=1S/C26H30GeN/c1-20-17-22(21-9-5-3-6-10-21)11-12-24(20)26-18-25-23(19-28(26)2)13-16-27(25)14-7-4-8-15-27/h3,5-6,9-12,17-19H,4,7-8,13-16H2,1-2H3/q+1. The monoisotopic (exact) mass is 430 g/mol. The van der Waals surface area contributed by atoms with Gasteiger partial charge >= 0.3 is 172 Å². The van der Waals surface area contributed by atoms with Crippen molar-refractivity contribution in [3.63, 3.8) is 0 Å². The maximum absolute atomic E-state index is 2.62. The summed E-state index contributed by atoms with van der Waals surface area (Å²) >= 11 is -1.81. The summed E-state index contributed by atoms with van der Waals surface area (Å²) in [6.07, 6.45) is 8.25. The summed E-state index contributed by atoms with van der Waals surface area (Å²) in [7, 11) is 2.24. The Kier molecular flexibility index (Phi) is 4.67. The van der Waals surface area contributed by atoms with Crippen molar-refractivity contribution in [1.29, 1.82) is 0 Å². The second-order valence-electron chi connectivity index (χ2n) is 8.95. The van der Waals surface area contributed by atoms with Crippen molar-refractivity contribution in [3.05, 3.63) is 71.9 Å². The SMILES string of the molecule is Cc1cc(-c2ccccc2)ccc1-c1c[c]2c(c[n+]1C)C[CH2][Ge]21[CH2]CCC[CH2]1. The van der Waals surface area contributed by atoms with E-state index in [0.29, 0.717) is 0 Å². The molecule has 0 N–H and O–H groups in total. The van der Waals surface area contributed by atoms with Crippen LogP contribution in [0.15, 0.2) is 60.8 Å². The molecule has 3 heterocycles. The number of pyridine rings is 1. The second kappa shape index (κ2) is 7.19. The normalized spacial score (nSPS) is 17.6. The molecular weight excluding hydrogens is 399 g/mol. The molecule has 0 saturated carbocycles. The molecule has 28 heavy (non-hydrogen) atoms. The van der Waals surface area contributed by atoms with Crippen LogP contribution in [0.3, 0.4) is 0 Å². The first-order valence-corrected chi connectivity index (χ1v) is 16.4. The molecule has 1 saturated heterocycles. The molecule has 2 heteroatoms. The third kappa shape index (κ3) is 3.04. The average Bonchev–Trinajstić information content (AvgIpc) is 3.05. The minimum absolute atomic E-state index is 1.30. The number of benzene rings is 2. The van der Waals surface area contributed by atoms with Crippen molar-refractivity contribution in [1.82, 2.24) is 0 Å². The summed E-state index contributed by atoms with van der Waals surface area (Å²) in [4.78, 5) is 0. The zero-order chi connectivity index (χ0) is 19.1. The molecule has 1 fully saturated rings. The molecule has 5 rings (SSSR count). The number of hydrogen-bond acceptors (Lipinski definition) is 0. The molecule has 0 amide bonds. The van der Waals surface area contributed by atoms with E-state index in [1.807, 2.05) is 4.40 Å². The van der Waals surface area contributed by atoms with E-state index in [1.54, 1.807) is 21.3 Å². The van der Waals surface area contributed by atoms with E-state index in [1.165, 1.54) is 53.6 Å². The predicted molar refractivity (Wildman–Crippen MR) is 121 cm³/mol. The first kappa shape index (κ1) is 18.2. The van der Waals surface area contributed by atoms with Crippen LogP contribution in [0.25, 0.3) is 22.4 Å². The van der Waals surface area contributed by atoms with Crippen molar-refractivity contribution in [2.75, 3.05) is 0 Å². The summed E-state index contributed by atoms with van der Waals surface area (Å²) in [5.41, 5.74) is 8.46. The fraction of sp³-hybridized carbons (Fsp3) is 0.346. The van der Waals surface area contributed by atoms with Gasteiger partial charge in [-0.3, -0.25) is 0 Å². The Hall–Kier alpha value is -1.87. The van der Waals surface area contributed by atoms with Crippen LogP contribution in [0.1, 0.15) is 30.4 Å². The molecule has 0 atom stereocenters. The topological polar surface area (TPSA) is 3.88 Å². The zero-order valence-electron chi connectivity index (χ0n) is 17.2. The molecule has 0 aliphatic carbocycles. The number of rotatable bonds is 2. The van der Waals surface area contributed by atoms with Gasteiger partial charge in [-0.15, -0.1) is 0 Å². The predicted octanol–water partition coefficient (Wildman–Crippen LogP) is 5.55. The van der Waals surface area contributed by atoms with Crippen LogP contribution in [0.5, 0.6) is 0 Å². The van der Waals surface area contributed by atoms with E-state index in [0.717, 1.165) is 0 Å². The van der Waals surface area contributed by atoms with E-state index in [-0.39, 0.29) is 0 Å². The van der Waals surface area contributed by atoms with Crippen LogP contribution in [-0.4, -0.2) is 13.3 Å². The number of fused-ring (bicyclic) bond motifs is 2. The molecule has 2 aromatic carbocycles.